The van der Waals surface area contributed by atoms with Gasteiger partial charge in [-0.25, -0.2) is 9.97 Å². The van der Waals surface area contributed by atoms with E-state index in [-0.39, 0.29) is 0 Å². The van der Waals surface area contributed by atoms with E-state index < -0.39 is 0 Å². The van der Waals surface area contributed by atoms with E-state index in [1.165, 1.54) is 0 Å². The van der Waals surface area contributed by atoms with Crippen LogP contribution >= 0.6 is 0 Å². The third-order valence-electron chi connectivity index (χ3n) is 2.05. The van der Waals surface area contributed by atoms with E-state index in [1.54, 1.807) is 12.4 Å². The molecule has 2 rings (SSSR count). The lowest BCUT2D eigenvalue weighted by Crippen LogP contribution is -1.99. The molecule has 0 amide bonds. The van der Waals surface area contributed by atoms with Gasteiger partial charge in [0.05, 0.1) is 12.7 Å². The summed E-state index contributed by atoms with van der Waals surface area (Å²) in [6.07, 6.45) is 14.5. The molecule has 0 spiro atoms. The summed E-state index contributed by atoms with van der Waals surface area (Å²) in [5.74, 6) is 0. The summed E-state index contributed by atoms with van der Waals surface area (Å²) >= 11 is 0. The average molecular weight is 189 g/mol. The van der Waals surface area contributed by atoms with Crippen molar-refractivity contribution < 1.29 is 0 Å². The fraction of sp³-hybridized carbons (Fsp3) is 0.300. The molecule has 0 atom stereocenters. The normalized spacial score (nSPS) is 10.6. The number of hydrogen-bond donors (Lipinski definition) is 0. The lowest BCUT2D eigenvalue weighted by molar-refractivity contribution is 0.644. The molecule has 2 aromatic heterocycles. The zero-order valence-corrected chi connectivity index (χ0v) is 7.95. The van der Waals surface area contributed by atoms with Crippen molar-refractivity contribution in [1.82, 2.24) is 19.1 Å². The quantitative estimate of drug-likeness (QED) is 0.666. The van der Waals surface area contributed by atoms with Gasteiger partial charge in [0, 0.05) is 37.9 Å². The van der Waals surface area contributed by atoms with Crippen LogP contribution in [-0.4, -0.2) is 19.1 Å². The van der Waals surface area contributed by atoms with Crippen molar-refractivity contribution in [2.24, 2.45) is 0 Å². The Hall–Kier alpha value is -1.58. The summed E-state index contributed by atoms with van der Waals surface area (Å²) < 4.78 is 4.12. The van der Waals surface area contributed by atoms with E-state index in [1.807, 2.05) is 29.6 Å². The molecule has 0 aliphatic heterocycles. The molecule has 0 fully saturated rings. The summed E-state index contributed by atoms with van der Waals surface area (Å²) in [7, 11) is 0. The number of hydrogen-bond acceptors (Lipinski definition) is 2. The third-order valence-corrected chi connectivity index (χ3v) is 2.05. The molecule has 1 radical (unpaired) electrons. The number of imidazole rings is 2. The first kappa shape index (κ1) is 8.99. The number of rotatable bonds is 5. The average Bonchev–Trinajstić information content (AvgIpc) is 2.86. The Balaban J connectivity index is 1.65. The van der Waals surface area contributed by atoms with Gasteiger partial charge in [0.15, 0.2) is 0 Å². The fourth-order valence-corrected chi connectivity index (χ4v) is 1.29. The Labute approximate surface area is 83.2 Å². The van der Waals surface area contributed by atoms with Crippen LogP contribution in [0.1, 0.15) is 6.42 Å². The first-order valence-corrected chi connectivity index (χ1v) is 4.68. The van der Waals surface area contributed by atoms with Crippen molar-refractivity contribution in [1.29, 1.82) is 0 Å². The predicted molar refractivity (Wildman–Crippen MR) is 53.4 cm³/mol. The molecule has 0 saturated heterocycles. The van der Waals surface area contributed by atoms with Gasteiger partial charge in [-0.3, -0.25) is 0 Å². The molecule has 0 aromatic carbocycles. The second-order valence-corrected chi connectivity index (χ2v) is 3.14. The number of nitrogens with zero attached hydrogens (tertiary/aromatic N) is 4. The van der Waals surface area contributed by atoms with Gasteiger partial charge in [-0.2, -0.15) is 0 Å². The summed E-state index contributed by atoms with van der Waals surface area (Å²) in [6, 6.07) is 0. The largest absolute Gasteiger partial charge is 0.337 e. The van der Waals surface area contributed by atoms with Gasteiger partial charge in [-0.1, -0.05) is 0 Å². The molecule has 14 heavy (non-hydrogen) atoms. The van der Waals surface area contributed by atoms with Crippen molar-refractivity contribution in [2.45, 2.75) is 19.5 Å². The van der Waals surface area contributed by atoms with Crippen LogP contribution in [0.15, 0.2) is 37.4 Å². The lowest BCUT2D eigenvalue weighted by Gasteiger charge is -2.02. The van der Waals surface area contributed by atoms with Crippen molar-refractivity contribution in [3.8, 4) is 0 Å². The Kier molecular flexibility index (Phi) is 2.95. The molecule has 0 N–H and O–H groups in total. The topological polar surface area (TPSA) is 35.6 Å². The summed E-state index contributed by atoms with van der Waals surface area (Å²) in [5.41, 5.74) is 0. The molecule has 0 aliphatic rings. The van der Waals surface area contributed by atoms with Crippen molar-refractivity contribution >= 4 is 0 Å². The van der Waals surface area contributed by atoms with Gasteiger partial charge in [0.25, 0.3) is 0 Å². The number of unbranched alkanes of at least 4 members (excludes halogenated alkanes) is 1. The molecule has 0 aliphatic carbocycles. The number of aromatic nitrogens is 4. The second kappa shape index (κ2) is 4.60. The zero-order chi connectivity index (χ0) is 9.64. The molecule has 0 bridgehead atoms. The maximum Gasteiger partial charge on any atom is 0.0945 e. The Bertz CT molecular complexity index is 300. The minimum atomic E-state index is 0.925. The first-order chi connectivity index (χ1) is 6.95. The minimum Gasteiger partial charge on any atom is -0.337 e. The van der Waals surface area contributed by atoms with E-state index in [0.717, 1.165) is 19.5 Å². The molecular weight excluding hydrogens is 176 g/mol. The highest BCUT2D eigenvalue weighted by Gasteiger charge is 1.92. The molecule has 2 heterocycles. The number of aryl methyl sites for hydroxylation is 1. The monoisotopic (exact) mass is 189 g/mol. The Morgan fingerprint density at radius 3 is 2.36 bits per heavy atom. The van der Waals surface area contributed by atoms with E-state index >= 15 is 0 Å². The predicted octanol–water partition coefficient (Wildman–Crippen LogP) is 1.37. The molecule has 0 saturated carbocycles. The second-order valence-electron chi connectivity index (χ2n) is 3.14. The highest BCUT2D eigenvalue weighted by atomic mass is 15.0. The molecule has 2 aromatic rings. The third kappa shape index (κ3) is 2.45. The van der Waals surface area contributed by atoms with Crippen LogP contribution in [0.25, 0.3) is 0 Å². The van der Waals surface area contributed by atoms with Gasteiger partial charge in [-0.05, 0) is 12.8 Å². The van der Waals surface area contributed by atoms with Crippen LogP contribution in [0.3, 0.4) is 0 Å². The van der Waals surface area contributed by atoms with Gasteiger partial charge >= 0.3 is 0 Å². The molecule has 4 heteroatoms. The summed E-state index contributed by atoms with van der Waals surface area (Å²) in [5, 5.41) is 0. The van der Waals surface area contributed by atoms with Gasteiger partial charge in [0.2, 0.25) is 0 Å². The maximum absolute atomic E-state index is 3.98. The maximum atomic E-state index is 3.98. The van der Waals surface area contributed by atoms with E-state index in [2.05, 4.69) is 21.0 Å². The van der Waals surface area contributed by atoms with Crippen LogP contribution in [0.2, 0.25) is 0 Å². The molecule has 4 nitrogen and oxygen atoms in total. The van der Waals surface area contributed by atoms with Crippen LogP contribution in [0.4, 0.5) is 0 Å². The molecular formula is C10H13N4. The van der Waals surface area contributed by atoms with E-state index in [9.17, 15) is 0 Å². The highest BCUT2D eigenvalue weighted by Crippen LogP contribution is 1.97. The first-order valence-electron chi connectivity index (χ1n) is 4.68. The van der Waals surface area contributed by atoms with Crippen LogP contribution in [0, 0.1) is 6.42 Å². The summed E-state index contributed by atoms with van der Waals surface area (Å²) in [4.78, 5) is 7.96. The van der Waals surface area contributed by atoms with Crippen molar-refractivity contribution in [2.75, 3.05) is 0 Å². The smallest absolute Gasteiger partial charge is 0.0945 e. The highest BCUT2D eigenvalue weighted by molar-refractivity contribution is 4.79. The van der Waals surface area contributed by atoms with Crippen LogP contribution < -0.4 is 0 Å². The zero-order valence-electron chi connectivity index (χ0n) is 7.95. The van der Waals surface area contributed by atoms with Crippen LogP contribution in [-0.2, 0) is 13.1 Å². The molecule has 0 unspecified atom stereocenters. The van der Waals surface area contributed by atoms with Crippen molar-refractivity contribution in [3.63, 3.8) is 0 Å². The standard InChI is InChI=1S/C10H13N4/c1(5-13-7-3-11-9-13)2-6-14-8-4-12-10-14/h1,3-4,7-10H,2,5-6H2. The van der Waals surface area contributed by atoms with E-state index in [4.69, 9.17) is 0 Å². The van der Waals surface area contributed by atoms with Crippen molar-refractivity contribution in [3.05, 3.63) is 43.9 Å². The Morgan fingerprint density at radius 1 is 1.00 bits per heavy atom. The van der Waals surface area contributed by atoms with Crippen LogP contribution in [0.5, 0.6) is 0 Å². The van der Waals surface area contributed by atoms with Gasteiger partial charge in [0.1, 0.15) is 0 Å². The SMILES string of the molecule is [CH](CCn1ccnc1)Cn1ccnc1. The summed E-state index contributed by atoms with van der Waals surface area (Å²) in [6.45, 7) is 1.92. The minimum absolute atomic E-state index is 0.925. The van der Waals surface area contributed by atoms with E-state index in [0.29, 0.717) is 0 Å². The fourth-order valence-electron chi connectivity index (χ4n) is 1.29. The molecule has 73 valence electrons. The van der Waals surface area contributed by atoms with Gasteiger partial charge in [-0.15, -0.1) is 0 Å². The Morgan fingerprint density at radius 2 is 1.71 bits per heavy atom. The lowest BCUT2D eigenvalue weighted by atomic mass is 10.3. The van der Waals surface area contributed by atoms with Gasteiger partial charge < -0.3 is 9.13 Å².